The minimum atomic E-state index is -2.56. The number of carbonyl (C=O) groups excluding carboxylic acids is 1. The molecule has 0 spiro atoms. The molecule has 0 saturated heterocycles. The molecule has 6 heteroatoms. The largest absolute Gasteiger partial charge is 0.512 e. The van der Waals surface area contributed by atoms with Gasteiger partial charge in [-0.1, -0.05) is 59.0 Å². The van der Waals surface area contributed by atoms with E-state index in [0.29, 0.717) is 22.0 Å². The number of hydrogen-bond donors (Lipinski definition) is 1. The summed E-state index contributed by atoms with van der Waals surface area (Å²) in [6.45, 7) is 7.04. The third-order valence-electron chi connectivity index (χ3n) is 5.94. The number of alkyl halides is 2. The molecule has 0 amide bonds. The summed E-state index contributed by atoms with van der Waals surface area (Å²) in [4.78, 5) is 14.6. The van der Waals surface area contributed by atoms with Crippen LogP contribution in [0.25, 0.3) is 43.6 Å². The molecule has 5 aromatic rings. The predicted octanol–water partition coefficient (Wildman–Crippen LogP) is 8.60. The Morgan fingerprint density at radius 2 is 1.62 bits per heavy atom. The van der Waals surface area contributed by atoms with Gasteiger partial charge in [-0.25, -0.2) is 8.78 Å². The molecule has 0 unspecified atom stereocenters. The topological polar surface area (TPSA) is 50.2 Å². The van der Waals surface area contributed by atoms with Crippen LogP contribution in [0, 0.1) is 19.9 Å². The predicted molar refractivity (Wildman–Crippen MR) is 143 cm³/mol. The van der Waals surface area contributed by atoms with Gasteiger partial charge in [-0.2, -0.15) is 0 Å². The maximum Gasteiger partial charge on any atom is 0.251 e. The first-order valence-corrected chi connectivity index (χ1v) is 11.6. The summed E-state index contributed by atoms with van der Waals surface area (Å²) >= 11 is 0. The Balaban J connectivity index is 0.000000422. The number of aryl methyl sites for hydroxylation is 2. The molecule has 1 aromatic heterocycles. The zero-order chi connectivity index (χ0) is 26.0. The fourth-order valence-electron chi connectivity index (χ4n) is 4.54. The summed E-state index contributed by atoms with van der Waals surface area (Å²) in [5.41, 5.74) is 3.70. The van der Waals surface area contributed by atoms with E-state index in [4.69, 9.17) is 5.11 Å². The van der Waals surface area contributed by atoms with Crippen molar-refractivity contribution in [2.24, 2.45) is 0 Å². The summed E-state index contributed by atoms with van der Waals surface area (Å²) in [5, 5.41) is 13.9. The van der Waals surface area contributed by atoms with Crippen molar-refractivity contribution >= 4 is 38.1 Å². The first-order valence-electron chi connectivity index (χ1n) is 11.6. The molecule has 0 saturated carbocycles. The molecular weight excluding hydrogens is 649 g/mol. The van der Waals surface area contributed by atoms with Gasteiger partial charge < -0.3 is 5.11 Å². The Hall–Kier alpha value is -3.47. The standard InChI is InChI=1S/C26H18F2N.C5H8O2.Ir/c1-15-11-16(2)19-7-8-22-21(23(19)12-15)9-10-29-25(22)18-13-17-5-3-4-6-20(17)24(14-18)26(27)28;1-4(6)3-5(2)7;/h3-12,14,26H,1-2H3;3,6H,1-2H3;/q-1;;/b;4-3-;. The van der Waals surface area contributed by atoms with Gasteiger partial charge in [0.15, 0.2) is 5.78 Å². The monoisotopic (exact) mass is 675 g/mol. The van der Waals surface area contributed by atoms with Crippen molar-refractivity contribution in [2.45, 2.75) is 34.1 Å². The number of fused-ring (bicyclic) bond motifs is 4. The van der Waals surface area contributed by atoms with Gasteiger partial charge in [0.1, 0.15) is 0 Å². The number of halogens is 2. The quantitative estimate of drug-likeness (QED) is 0.0903. The third kappa shape index (κ3) is 6.09. The molecule has 191 valence electrons. The van der Waals surface area contributed by atoms with Gasteiger partial charge in [0, 0.05) is 38.1 Å². The number of aliphatic hydroxyl groups excluding tert-OH is 1. The molecule has 0 bridgehead atoms. The second kappa shape index (κ2) is 11.7. The van der Waals surface area contributed by atoms with Crippen LogP contribution in [0.1, 0.15) is 37.0 Å². The van der Waals surface area contributed by atoms with Crippen LogP contribution in [-0.4, -0.2) is 15.9 Å². The van der Waals surface area contributed by atoms with E-state index in [1.165, 1.54) is 42.5 Å². The third-order valence-corrected chi connectivity index (χ3v) is 5.94. The summed E-state index contributed by atoms with van der Waals surface area (Å²) in [7, 11) is 0. The molecule has 0 aliphatic carbocycles. The fourth-order valence-corrected chi connectivity index (χ4v) is 4.54. The van der Waals surface area contributed by atoms with Gasteiger partial charge in [-0.15, -0.1) is 23.6 Å². The van der Waals surface area contributed by atoms with Crippen LogP contribution in [0.5, 0.6) is 0 Å². The minimum absolute atomic E-state index is 0. The van der Waals surface area contributed by atoms with Gasteiger partial charge in [-0.3, -0.25) is 9.78 Å². The molecule has 0 aliphatic rings. The molecule has 3 nitrogen and oxygen atoms in total. The molecular formula is C31H26F2IrNO2-. The Kier molecular flexibility index (Phi) is 8.90. The molecule has 5 rings (SSSR count). The molecule has 0 aliphatic heterocycles. The molecule has 1 radical (unpaired) electrons. The van der Waals surface area contributed by atoms with Crippen molar-refractivity contribution < 1.29 is 38.8 Å². The van der Waals surface area contributed by atoms with E-state index < -0.39 is 6.43 Å². The molecule has 0 atom stereocenters. The number of pyridine rings is 1. The Labute approximate surface area is 228 Å². The minimum Gasteiger partial charge on any atom is -0.512 e. The van der Waals surface area contributed by atoms with Gasteiger partial charge >= 0.3 is 0 Å². The maximum absolute atomic E-state index is 13.8. The number of rotatable bonds is 3. The number of hydrogen-bond acceptors (Lipinski definition) is 3. The second-order valence-corrected chi connectivity index (χ2v) is 8.88. The zero-order valence-corrected chi connectivity index (χ0v) is 23.3. The van der Waals surface area contributed by atoms with Crippen molar-refractivity contribution in [2.75, 3.05) is 0 Å². The van der Waals surface area contributed by atoms with E-state index >= 15 is 0 Å². The number of aliphatic hydroxyl groups is 1. The second-order valence-electron chi connectivity index (χ2n) is 8.88. The zero-order valence-electron chi connectivity index (χ0n) is 20.9. The van der Waals surface area contributed by atoms with Crippen molar-refractivity contribution in [3.8, 4) is 11.3 Å². The number of benzene rings is 4. The Morgan fingerprint density at radius 1 is 0.919 bits per heavy atom. The smallest absolute Gasteiger partial charge is 0.251 e. The Morgan fingerprint density at radius 3 is 2.27 bits per heavy atom. The van der Waals surface area contributed by atoms with Gasteiger partial charge in [-0.05, 0) is 66.4 Å². The van der Waals surface area contributed by atoms with Crippen molar-refractivity contribution in [3.05, 3.63) is 101 Å². The molecule has 1 N–H and O–H groups in total. The number of carbonyl (C=O) groups is 1. The van der Waals surface area contributed by atoms with Crippen LogP contribution in [0.2, 0.25) is 0 Å². The van der Waals surface area contributed by atoms with E-state index in [9.17, 15) is 13.6 Å². The first kappa shape index (κ1) is 28.1. The van der Waals surface area contributed by atoms with Gasteiger partial charge in [0.2, 0.25) is 0 Å². The van der Waals surface area contributed by atoms with Crippen LogP contribution in [0.4, 0.5) is 8.78 Å². The number of allylic oxidation sites excluding steroid dienone is 2. The summed E-state index contributed by atoms with van der Waals surface area (Å²) in [6.07, 6.45) is 0.356. The Bertz CT molecular complexity index is 1640. The first-order chi connectivity index (χ1) is 17.2. The van der Waals surface area contributed by atoms with Crippen LogP contribution >= 0.6 is 0 Å². The summed E-state index contributed by atoms with van der Waals surface area (Å²) in [5.74, 6) is -0.0625. The molecule has 0 fully saturated rings. The SMILES string of the molecule is CC(=O)/C=C(/C)O.Cc1cc(C)c2ccc3c(-c4[c-]c5ccccc5c(C(F)F)c4)nccc3c2c1.[Ir]. The van der Waals surface area contributed by atoms with Crippen molar-refractivity contribution in [1.82, 2.24) is 4.98 Å². The molecule has 1 heterocycles. The molecule has 37 heavy (non-hydrogen) atoms. The van der Waals surface area contributed by atoms with E-state index in [-0.39, 0.29) is 37.2 Å². The van der Waals surface area contributed by atoms with Crippen molar-refractivity contribution in [3.63, 3.8) is 0 Å². The van der Waals surface area contributed by atoms with Crippen LogP contribution in [-0.2, 0) is 24.9 Å². The number of aromatic nitrogens is 1. The van der Waals surface area contributed by atoms with E-state index in [1.807, 2.05) is 24.3 Å². The average molecular weight is 675 g/mol. The van der Waals surface area contributed by atoms with E-state index in [1.54, 1.807) is 18.3 Å². The maximum atomic E-state index is 13.8. The van der Waals surface area contributed by atoms with Gasteiger partial charge in [0.05, 0.1) is 5.76 Å². The van der Waals surface area contributed by atoms with Crippen LogP contribution in [0.15, 0.2) is 78.7 Å². The number of nitrogens with zero attached hydrogens (tertiary/aromatic N) is 1. The van der Waals surface area contributed by atoms with Crippen LogP contribution in [0.3, 0.4) is 0 Å². The normalized spacial score (nSPS) is 11.4. The van der Waals surface area contributed by atoms with E-state index in [2.05, 4.69) is 43.1 Å². The van der Waals surface area contributed by atoms with Crippen LogP contribution < -0.4 is 0 Å². The average Bonchev–Trinajstić information content (AvgIpc) is 2.82. The summed E-state index contributed by atoms with van der Waals surface area (Å²) in [6, 6.07) is 22.4. The van der Waals surface area contributed by atoms with Gasteiger partial charge in [0.25, 0.3) is 6.43 Å². The van der Waals surface area contributed by atoms with E-state index in [0.717, 1.165) is 16.2 Å². The summed E-state index contributed by atoms with van der Waals surface area (Å²) < 4.78 is 27.5. The van der Waals surface area contributed by atoms with Crippen molar-refractivity contribution in [1.29, 1.82) is 0 Å². The number of ketones is 1. The molecule has 4 aromatic carbocycles. The fraction of sp³-hybridized carbons (Fsp3) is 0.161.